The maximum absolute atomic E-state index is 13.3. The number of hydrogen-bond donors (Lipinski definition) is 1. The molecule has 1 N–H and O–H groups in total. The van der Waals surface area contributed by atoms with Gasteiger partial charge in [0.1, 0.15) is 0 Å². The van der Waals surface area contributed by atoms with Crippen molar-refractivity contribution in [1.82, 2.24) is 19.7 Å². The van der Waals surface area contributed by atoms with Gasteiger partial charge in [0, 0.05) is 43.1 Å². The van der Waals surface area contributed by atoms with E-state index in [1.54, 1.807) is 6.20 Å². The first kappa shape index (κ1) is 19.3. The average Bonchev–Trinajstić information content (AvgIpc) is 3.34. The Balaban J connectivity index is 1.34. The van der Waals surface area contributed by atoms with Gasteiger partial charge in [0.2, 0.25) is 5.95 Å². The smallest absolute Gasteiger partial charge is 0.361 e. The van der Waals surface area contributed by atoms with Crippen LogP contribution in [0.1, 0.15) is 12.1 Å². The highest BCUT2D eigenvalue weighted by Crippen LogP contribution is 2.31. The van der Waals surface area contributed by atoms with Gasteiger partial charge in [-0.15, -0.1) is 0 Å². The summed E-state index contributed by atoms with van der Waals surface area (Å²) in [5.74, 6) is -0.527. The van der Waals surface area contributed by atoms with Crippen LogP contribution in [0.15, 0.2) is 48.9 Å². The maximum atomic E-state index is 13.3. The van der Waals surface area contributed by atoms with E-state index in [2.05, 4.69) is 20.4 Å². The molecule has 0 spiro atoms. The molecule has 3 heterocycles. The second-order valence-corrected chi connectivity index (χ2v) is 7.37. The molecule has 0 aliphatic carbocycles. The molecule has 0 aliphatic heterocycles. The summed E-state index contributed by atoms with van der Waals surface area (Å²) < 4.78 is 52.2. The maximum Gasteiger partial charge on any atom is 0.435 e. The van der Waals surface area contributed by atoms with Crippen LogP contribution in [0.4, 0.5) is 22.7 Å². The predicted octanol–water partition coefficient (Wildman–Crippen LogP) is 5.21. The van der Waals surface area contributed by atoms with E-state index in [9.17, 15) is 17.6 Å². The van der Waals surface area contributed by atoms with Gasteiger partial charge in [-0.2, -0.15) is 22.7 Å². The Morgan fingerprint density at radius 2 is 1.90 bits per heavy atom. The van der Waals surface area contributed by atoms with Crippen molar-refractivity contribution in [2.24, 2.45) is 0 Å². The molecule has 0 saturated heterocycles. The summed E-state index contributed by atoms with van der Waals surface area (Å²) in [5.41, 5.74) is 0.0333. The molecule has 4 rings (SSSR count). The van der Waals surface area contributed by atoms with E-state index < -0.39 is 17.8 Å². The van der Waals surface area contributed by atoms with E-state index in [4.69, 9.17) is 0 Å². The number of aryl methyl sites for hydroxylation is 1. The topological polar surface area (TPSA) is 55.6 Å². The molecule has 5 nitrogen and oxygen atoms in total. The quantitative estimate of drug-likeness (QED) is 0.264. The lowest BCUT2D eigenvalue weighted by Gasteiger charge is -2.04. The number of thiazole rings is 1. The van der Waals surface area contributed by atoms with E-state index in [1.807, 2.05) is 18.2 Å². The first-order valence-corrected chi connectivity index (χ1v) is 9.56. The van der Waals surface area contributed by atoms with Crippen molar-refractivity contribution in [2.75, 3.05) is 11.9 Å². The van der Waals surface area contributed by atoms with Crippen molar-refractivity contribution < 1.29 is 17.6 Å². The van der Waals surface area contributed by atoms with Crippen LogP contribution in [0.5, 0.6) is 0 Å². The Morgan fingerprint density at radius 1 is 1.03 bits per heavy atom. The summed E-state index contributed by atoms with van der Waals surface area (Å²) in [7, 11) is 0. The largest absolute Gasteiger partial charge is 0.435 e. The van der Waals surface area contributed by atoms with Crippen molar-refractivity contribution >= 4 is 27.2 Å². The molecule has 0 fully saturated rings. The molecule has 1 aromatic carbocycles. The van der Waals surface area contributed by atoms with Gasteiger partial charge in [0.05, 0.1) is 4.88 Å². The highest BCUT2D eigenvalue weighted by atomic mass is 32.1. The van der Waals surface area contributed by atoms with E-state index in [0.717, 1.165) is 27.3 Å². The second kappa shape index (κ2) is 7.78. The highest BCUT2D eigenvalue weighted by Gasteiger charge is 2.33. The van der Waals surface area contributed by atoms with Crippen LogP contribution in [0.3, 0.4) is 0 Å². The molecule has 4 aromatic rings. The molecule has 0 unspecified atom stereocenters. The van der Waals surface area contributed by atoms with Crippen molar-refractivity contribution in [2.45, 2.75) is 19.1 Å². The van der Waals surface area contributed by atoms with Gasteiger partial charge in [-0.3, -0.25) is 4.68 Å². The number of nitrogens with one attached hydrogen (secondary N) is 1. The molecule has 0 aliphatic rings. The summed E-state index contributed by atoms with van der Waals surface area (Å²) in [5, 5.41) is 9.00. The first-order valence-electron chi connectivity index (χ1n) is 8.74. The molecule has 0 radical (unpaired) electrons. The van der Waals surface area contributed by atoms with Gasteiger partial charge >= 0.3 is 6.18 Å². The number of hydrogen-bond acceptors (Lipinski definition) is 5. The molecule has 3 aromatic heterocycles. The van der Waals surface area contributed by atoms with Crippen molar-refractivity contribution in [3.63, 3.8) is 0 Å². The summed E-state index contributed by atoms with van der Waals surface area (Å²) in [6, 6.07) is 8.04. The predicted molar refractivity (Wildman–Crippen MR) is 103 cm³/mol. The van der Waals surface area contributed by atoms with Crippen LogP contribution in [0, 0.1) is 5.95 Å². The summed E-state index contributed by atoms with van der Waals surface area (Å²) in [4.78, 5) is 8.89. The normalized spacial score (nSPS) is 11.9. The monoisotopic (exact) mass is 421 g/mol. The third-order valence-corrected chi connectivity index (χ3v) is 5.25. The lowest BCUT2D eigenvalue weighted by atomic mass is 10.1. The SMILES string of the molecule is Fc1cc2cc(-c3cnc(NCCCn4ccc(C(F)(F)F)n4)s3)ccc2cn1. The van der Waals surface area contributed by atoms with E-state index in [1.165, 1.54) is 34.5 Å². The number of pyridine rings is 1. The minimum absolute atomic E-state index is 0.367. The van der Waals surface area contributed by atoms with Gasteiger partial charge in [0.25, 0.3) is 0 Å². The van der Waals surface area contributed by atoms with Gasteiger partial charge in [0.15, 0.2) is 10.8 Å². The number of benzene rings is 1. The van der Waals surface area contributed by atoms with Crippen LogP contribution in [0.25, 0.3) is 21.2 Å². The lowest BCUT2D eigenvalue weighted by Crippen LogP contribution is -2.10. The number of anilines is 1. The van der Waals surface area contributed by atoms with Crippen LogP contribution < -0.4 is 5.32 Å². The summed E-state index contributed by atoms with van der Waals surface area (Å²) >= 11 is 1.45. The number of aromatic nitrogens is 4. The number of alkyl halides is 3. The third kappa shape index (κ3) is 4.53. The Morgan fingerprint density at radius 3 is 2.69 bits per heavy atom. The number of fused-ring (bicyclic) bond motifs is 1. The number of rotatable bonds is 6. The van der Waals surface area contributed by atoms with Crippen LogP contribution in [0.2, 0.25) is 0 Å². The van der Waals surface area contributed by atoms with Crippen molar-refractivity contribution in [1.29, 1.82) is 0 Å². The Labute approximate surface area is 167 Å². The van der Waals surface area contributed by atoms with Gasteiger partial charge < -0.3 is 5.32 Å². The number of halogens is 4. The molecule has 0 saturated carbocycles. The molecular weight excluding hydrogens is 406 g/mol. The molecular formula is C19H15F4N5S. The molecule has 0 atom stereocenters. The van der Waals surface area contributed by atoms with Crippen molar-refractivity contribution in [3.8, 4) is 10.4 Å². The molecule has 29 heavy (non-hydrogen) atoms. The standard InChI is InChI=1S/C19H15F4N5S/c20-17-9-14-8-12(2-3-13(14)10-25-17)15-11-26-18(29-15)24-5-1-6-28-7-4-16(27-28)19(21,22)23/h2-4,7-11H,1,5-6H2,(H,24,26). The first-order chi connectivity index (χ1) is 13.9. The molecule has 0 bridgehead atoms. The minimum Gasteiger partial charge on any atom is -0.361 e. The van der Waals surface area contributed by atoms with E-state index in [0.29, 0.717) is 24.6 Å². The fraction of sp³-hybridized carbons (Fsp3) is 0.211. The van der Waals surface area contributed by atoms with Crippen LogP contribution in [-0.2, 0) is 12.7 Å². The zero-order chi connectivity index (χ0) is 20.4. The highest BCUT2D eigenvalue weighted by molar-refractivity contribution is 7.18. The Hall–Kier alpha value is -3.01. The third-order valence-electron chi connectivity index (χ3n) is 4.25. The van der Waals surface area contributed by atoms with Crippen LogP contribution in [-0.4, -0.2) is 26.3 Å². The Kier molecular flexibility index (Phi) is 5.18. The Bertz CT molecular complexity index is 1140. The fourth-order valence-corrected chi connectivity index (χ4v) is 3.67. The average molecular weight is 421 g/mol. The molecule has 150 valence electrons. The lowest BCUT2D eigenvalue weighted by molar-refractivity contribution is -0.141. The van der Waals surface area contributed by atoms with E-state index in [-0.39, 0.29) is 0 Å². The fourth-order valence-electron chi connectivity index (χ4n) is 2.83. The van der Waals surface area contributed by atoms with Crippen LogP contribution >= 0.6 is 11.3 Å². The second-order valence-electron chi connectivity index (χ2n) is 6.34. The molecule has 0 amide bonds. The van der Waals surface area contributed by atoms with Gasteiger partial charge in [-0.1, -0.05) is 23.5 Å². The molecule has 10 heteroatoms. The summed E-state index contributed by atoms with van der Waals surface area (Å²) in [6.45, 7) is 0.911. The summed E-state index contributed by atoms with van der Waals surface area (Å²) in [6.07, 6.45) is 0.713. The van der Waals surface area contributed by atoms with Gasteiger partial charge in [-0.05, 0) is 29.5 Å². The zero-order valence-electron chi connectivity index (χ0n) is 14.9. The van der Waals surface area contributed by atoms with Crippen molar-refractivity contribution in [3.05, 3.63) is 60.6 Å². The minimum atomic E-state index is -4.42. The zero-order valence-corrected chi connectivity index (χ0v) is 15.8. The van der Waals surface area contributed by atoms with Gasteiger partial charge in [-0.25, -0.2) is 9.97 Å². The van der Waals surface area contributed by atoms with E-state index >= 15 is 0 Å². The number of nitrogens with zero attached hydrogens (tertiary/aromatic N) is 4.